The normalized spacial score (nSPS) is 23.1. The minimum atomic E-state index is -0.0696. The first-order valence-electron chi connectivity index (χ1n) is 8.99. The van der Waals surface area contributed by atoms with Gasteiger partial charge in [0.25, 0.3) is 0 Å². The number of benzene rings is 1. The number of carbonyl (C=O) groups excluding carboxylic acids is 1. The number of amides is 1. The highest BCUT2D eigenvalue weighted by Crippen LogP contribution is 2.45. The average molecular weight is 339 g/mol. The van der Waals surface area contributed by atoms with Gasteiger partial charge in [0, 0.05) is 37.0 Å². The highest BCUT2D eigenvalue weighted by molar-refractivity contribution is 5.82. The highest BCUT2D eigenvalue weighted by atomic mass is 16.2. The molecule has 6 heteroatoms. The van der Waals surface area contributed by atoms with E-state index in [0.717, 1.165) is 31.8 Å². The van der Waals surface area contributed by atoms with Crippen LogP contribution >= 0.6 is 0 Å². The van der Waals surface area contributed by atoms with Crippen molar-refractivity contribution in [2.45, 2.75) is 44.7 Å². The standard InChI is InChI=1S/C19H25N5O/c1-19(2,24-8-7-13-5-3-4-6-14(13)10-24)11-20-18(25)16-9-15(16)17-21-12-22-23-17/h3-6,12,15-16H,7-11H2,1-2H3,(H,20,25)(H,21,22,23)/t15-,16-/m0/s1. The Labute approximate surface area is 148 Å². The fourth-order valence-electron chi connectivity index (χ4n) is 3.74. The van der Waals surface area contributed by atoms with Crippen molar-refractivity contribution in [3.05, 3.63) is 47.5 Å². The second-order valence-electron chi connectivity index (χ2n) is 7.79. The van der Waals surface area contributed by atoms with Crippen molar-refractivity contribution in [1.29, 1.82) is 0 Å². The van der Waals surface area contributed by atoms with Crippen LogP contribution in [0.15, 0.2) is 30.6 Å². The number of nitrogens with one attached hydrogen (secondary N) is 2. The molecule has 1 fully saturated rings. The number of nitrogens with zero attached hydrogens (tertiary/aromatic N) is 3. The van der Waals surface area contributed by atoms with Gasteiger partial charge in [-0.3, -0.25) is 14.8 Å². The number of aromatic nitrogens is 3. The number of aromatic amines is 1. The maximum Gasteiger partial charge on any atom is 0.223 e. The number of carbonyl (C=O) groups is 1. The molecular weight excluding hydrogens is 314 g/mol. The third-order valence-electron chi connectivity index (χ3n) is 5.59. The molecule has 0 saturated heterocycles. The van der Waals surface area contributed by atoms with Crippen molar-refractivity contribution in [3.63, 3.8) is 0 Å². The molecule has 1 aromatic carbocycles. The van der Waals surface area contributed by atoms with E-state index >= 15 is 0 Å². The van der Waals surface area contributed by atoms with Gasteiger partial charge in [-0.05, 0) is 37.8 Å². The molecule has 6 nitrogen and oxygen atoms in total. The quantitative estimate of drug-likeness (QED) is 0.872. The van der Waals surface area contributed by atoms with Gasteiger partial charge >= 0.3 is 0 Å². The lowest BCUT2D eigenvalue weighted by Crippen LogP contribution is -2.53. The van der Waals surface area contributed by atoms with Crippen LogP contribution in [0, 0.1) is 5.92 Å². The molecule has 0 bridgehead atoms. The summed E-state index contributed by atoms with van der Waals surface area (Å²) in [6, 6.07) is 8.65. The van der Waals surface area contributed by atoms with E-state index in [2.05, 4.69) is 63.5 Å². The molecule has 25 heavy (non-hydrogen) atoms. The lowest BCUT2D eigenvalue weighted by molar-refractivity contribution is -0.123. The predicted octanol–water partition coefficient (Wildman–Crippen LogP) is 1.86. The minimum absolute atomic E-state index is 0.0332. The van der Waals surface area contributed by atoms with Gasteiger partial charge in [-0.15, -0.1) is 0 Å². The van der Waals surface area contributed by atoms with Gasteiger partial charge in [-0.2, -0.15) is 5.10 Å². The number of hydrogen-bond donors (Lipinski definition) is 2. The Kier molecular flexibility index (Phi) is 4.07. The lowest BCUT2D eigenvalue weighted by atomic mass is 9.94. The number of rotatable bonds is 5. The zero-order valence-electron chi connectivity index (χ0n) is 14.8. The smallest absolute Gasteiger partial charge is 0.223 e. The Morgan fingerprint density at radius 3 is 2.92 bits per heavy atom. The van der Waals surface area contributed by atoms with Gasteiger partial charge in [0.2, 0.25) is 5.91 Å². The molecule has 0 spiro atoms. The van der Waals surface area contributed by atoms with Crippen molar-refractivity contribution in [2.75, 3.05) is 13.1 Å². The molecule has 1 saturated carbocycles. The van der Waals surface area contributed by atoms with Gasteiger partial charge in [0.15, 0.2) is 0 Å². The fraction of sp³-hybridized carbons (Fsp3) is 0.526. The van der Waals surface area contributed by atoms with Crippen LogP contribution in [-0.2, 0) is 17.8 Å². The van der Waals surface area contributed by atoms with E-state index in [4.69, 9.17) is 0 Å². The van der Waals surface area contributed by atoms with Crippen molar-refractivity contribution in [1.82, 2.24) is 25.4 Å². The maximum atomic E-state index is 12.4. The van der Waals surface area contributed by atoms with E-state index in [-0.39, 0.29) is 23.3 Å². The average Bonchev–Trinajstić information content (AvgIpc) is 3.24. The largest absolute Gasteiger partial charge is 0.354 e. The predicted molar refractivity (Wildman–Crippen MR) is 94.9 cm³/mol. The molecule has 2 aliphatic rings. The van der Waals surface area contributed by atoms with Crippen LogP contribution in [0.5, 0.6) is 0 Å². The number of hydrogen-bond acceptors (Lipinski definition) is 4. The number of H-pyrrole nitrogens is 1. The zero-order chi connectivity index (χ0) is 17.4. The molecule has 1 aromatic heterocycles. The van der Waals surface area contributed by atoms with Crippen LogP contribution in [0.1, 0.15) is 43.1 Å². The summed E-state index contributed by atoms with van der Waals surface area (Å²) in [4.78, 5) is 19.1. The van der Waals surface area contributed by atoms with Gasteiger partial charge < -0.3 is 5.32 Å². The van der Waals surface area contributed by atoms with E-state index in [9.17, 15) is 4.79 Å². The third kappa shape index (κ3) is 3.31. The molecule has 4 rings (SSSR count). The first kappa shape index (κ1) is 16.3. The van der Waals surface area contributed by atoms with Crippen LogP contribution in [0.4, 0.5) is 0 Å². The molecule has 2 aromatic rings. The Morgan fingerprint density at radius 1 is 1.36 bits per heavy atom. The summed E-state index contributed by atoms with van der Waals surface area (Å²) in [5.74, 6) is 1.19. The molecule has 1 amide bonds. The SMILES string of the molecule is CC(C)(CNC(=O)[C@H]1C[C@@H]1c1ncn[nH]1)N1CCc2ccccc2C1. The van der Waals surface area contributed by atoms with Crippen molar-refractivity contribution in [2.24, 2.45) is 5.92 Å². The van der Waals surface area contributed by atoms with E-state index in [1.54, 1.807) is 0 Å². The lowest BCUT2D eigenvalue weighted by Gasteiger charge is -2.41. The summed E-state index contributed by atoms with van der Waals surface area (Å²) in [5.41, 5.74) is 2.78. The molecule has 2 heterocycles. The second-order valence-corrected chi connectivity index (χ2v) is 7.79. The van der Waals surface area contributed by atoms with Gasteiger partial charge in [-0.25, -0.2) is 4.98 Å². The highest BCUT2D eigenvalue weighted by Gasteiger charge is 2.46. The van der Waals surface area contributed by atoms with Crippen molar-refractivity contribution >= 4 is 5.91 Å². The molecular formula is C19H25N5O. The van der Waals surface area contributed by atoms with E-state index in [1.165, 1.54) is 17.5 Å². The van der Waals surface area contributed by atoms with Gasteiger partial charge in [-0.1, -0.05) is 24.3 Å². The van der Waals surface area contributed by atoms with Crippen LogP contribution < -0.4 is 5.32 Å². The van der Waals surface area contributed by atoms with Crippen molar-refractivity contribution in [3.8, 4) is 0 Å². The van der Waals surface area contributed by atoms with Crippen LogP contribution in [0.25, 0.3) is 0 Å². The first-order valence-corrected chi connectivity index (χ1v) is 8.99. The summed E-state index contributed by atoms with van der Waals surface area (Å²) in [6.07, 6.45) is 3.43. The topological polar surface area (TPSA) is 73.9 Å². The summed E-state index contributed by atoms with van der Waals surface area (Å²) in [7, 11) is 0. The molecule has 132 valence electrons. The molecule has 1 aliphatic heterocycles. The van der Waals surface area contributed by atoms with Crippen LogP contribution in [0.3, 0.4) is 0 Å². The third-order valence-corrected chi connectivity index (χ3v) is 5.59. The molecule has 2 N–H and O–H groups in total. The molecule has 0 unspecified atom stereocenters. The zero-order valence-corrected chi connectivity index (χ0v) is 14.8. The first-order chi connectivity index (χ1) is 12.0. The Hall–Kier alpha value is -2.21. The van der Waals surface area contributed by atoms with E-state index in [0.29, 0.717) is 6.54 Å². The summed E-state index contributed by atoms with van der Waals surface area (Å²) >= 11 is 0. The molecule has 0 radical (unpaired) electrons. The maximum absolute atomic E-state index is 12.4. The van der Waals surface area contributed by atoms with E-state index < -0.39 is 0 Å². The van der Waals surface area contributed by atoms with Crippen molar-refractivity contribution < 1.29 is 4.79 Å². The summed E-state index contributed by atoms with van der Waals surface area (Å²) in [6.45, 7) is 7.06. The second kappa shape index (κ2) is 6.26. The Bertz CT molecular complexity index is 755. The minimum Gasteiger partial charge on any atom is -0.354 e. The van der Waals surface area contributed by atoms with E-state index in [1.807, 2.05) is 0 Å². The van der Waals surface area contributed by atoms with Crippen LogP contribution in [-0.4, -0.2) is 44.6 Å². The summed E-state index contributed by atoms with van der Waals surface area (Å²) in [5, 5.41) is 9.89. The molecule has 2 atom stereocenters. The van der Waals surface area contributed by atoms with Gasteiger partial charge in [0.05, 0.1) is 0 Å². The number of fused-ring (bicyclic) bond motifs is 1. The van der Waals surface area contributed by atoms with Crippen LogP contribution in [0.2, 0.25) is 0 Å². The Balaban J connectivity index is 1.32. The Morgan fingerprint density at radius 2 is 2.16 bits per heavy atom. The summed E-state index contributed by atoms with van der Waals surface area (Å²) < 4.78 is 0. The monoisotopic (exact) mass is 339 g/mol. The molecule has 1 aliphatic carbocycles. The van der Waals surface area contributed by atoms with Gasteiger partial charge in [0.1, 0.15) is 12.2 Å². The fourth-order valence-corrected chi connectivity index (χ4v) is 3.74.